The van der Waals surface area contributed by atoms with Crippen LogP contribution in [0.15, 0.2) is 30.5 Å². The predicted octanol–water partition coefficient (Wildman–Crippen LogP) is 2.06. The number of methoxy groups -OCH3 is 1. The lowest BCUT2D eigenvalue weighted by Gasteiger charge is -2.35. The van der Waals surface area contributed by atoms with Crippen molar-refractivity contribution in [3.05, 3.63) is 53.1 Å². The summed E-state index contributed by atoms with van der Waals surface area (Å²) in [6, 6.07) is 7.02. The van der Waals surface area contributed by atoms with Crippen LogP contribution in [0.4, 0.5) is 0 Å². The van der Waals surface area contributed by atoms with E-state index in [1.54, 1.807) is 14.0 Å². The fourth-order valence-corrected chi connectivity index (χ4v) is 4.88. The van der Waals surface area contributed by atoms with Gasteiger partial charge in [-0.3, -0.25) is 4.79 Å². The highest BCUT2D eigenvalue weighted by Crippen LogP contribution is 2.32. The molecule has 10 heteroatoms. The van der Waals surface area contributed by atoms with Crippen molar-refractivity contribution in [2.24, 2.45) is 0 Å². The molecule has 3 rings (SSSR count). The maximum Gasteiger partial charge on any atom is 0.282 e. The van der Waals surface area contributed by atoms with Gasteiger partial charge >= 0.3 is 0 Å². The summed E-state index contributed by atoms with van der Waals surface area (Å²) in [7, 11) is 1.04. The molecular formula is C21H29N5O4S. The number of carbonyl (C=O) groups excluding carboxylic acids is 1. The van der Waals surface area contributed by atoms with Gasteiger partial charge in [-0.25, -0.2) is 9.97 Å². The fraction of sp³-hybridized carbons (Fsp3) is 0.476. The number of aryl methyl sites for hydroxylation is 1. The first-order valence-corrected chi connectivity index (χ1v) is 11.6. The monoisotopic (exact) mass is 447 g/mol. The van der Waals surface area contributed by atoms with Gasteiger partial charge in [0.15, 0.2) is 0 Å². The average molecular weight is 448 g/mol. The summed E-state index contributed by atoms with van der Waals surface area (Å²) < 4.78 is 33.3. The molecule has 0 unspecified atom stereocenters. The van der Waals surface area contributed by atoms with E-state index in [2.05, 4.69) is 15.3 Å². The summed E-state index contributed by atoms with van der Waals surface area (Å²) in [5.41, 5.74) is 1.79. The molecule has 9 nitrogen and oxygen atoms in total. The lowest BCUT2D eigenvalue weighted by atomic mass is 10.0. The average Bonchev–Trinajstić information content (AvgIpc) is 2.77. The molecule has 1 aliphatic rings. The number of aromatic nitrogens is 2. The molecular weight excluding hydrogens is 418 g/mol. The van der Waals surface area contributed by atoms with E-state index in [9.17, 15) is 13.2 Å². The standard InChI is InChI=1S/C21H29N5O4S/c1-15-18(21(27)23-13-16-8-7-9-17(12-16)30-4)14-22-20(24-15)19-10-5-6-11-26(19)31(28,29)25(2)3/h7-9,12,14,19H,5-6,10-11,13H2,1-4H3,(H,23,27)/t19-/m1/s1. The minimum Gasteiger partial charge on any atom is -0.497 e. The Hall–Kier alpha value is -2.56. The Morgan fingerprint density at radius 1 is 1.32 bits per heavy atom. The minimum absolute atomic E-state index is 0.284. The SMILES string of the molecule is COc1cccc(CNC(=O)c2cnc([C@H]3CCCCN3S(=O)(=O)N(C)C)nc2C)c1. The molecule has 0 aliphatic carbocycles. The van der Waals surface area contributed by atoms with Gasteiger partial charge in [0, 0.05) is 33.4 Å². The van der Waals surface area contributed by atoms with Crippen LogP contribution in [0.2, 0.25) is 0 Å². The number of carbonyl (C=O) groups is 1. The van der Waals surface area contributed by atoms with E-state index >= 15 is 0 Å². The Bertz CT molecular complexity index is 1040. The van der Waals surface area contributed by atoms with E-state index in [4.69, 9.17) is 4.74 Å². The summed E-state index contributed by atoms with van der Waals surface area (Å²) in [4.78, 5) is 21.5. The molecule has 1 saturated heterocycles. The van der Waals surface area contributed by atoms with Crippen LogP contribution in [-0.2, 0) is 16.8 Å². The van der Waals surface area contributed by atoms with Gasteiger partial charge in [-0.2, -0.15) is 17.0 Å². The zero-order valence-electron chi connectivity index (χ0n) is 18.3. The van der Waals surface area contributed by atoms with E-state index in [0.717, 1.165) is 24.2 Å². The third kappa shape index (κ3) is 5.20. The van der Waals surface area contributed by atoms with Crippen LogP contribution in [0.3, 0.4) is 0 Å². The van der Waals surface area contributed by atoms with Gasteiger partial charge in [0.25, 0.3) is 16.1 Å². The lowest BCUT2D eigenvalue weighted by Crippen LogP contribution is -2.45. The van der Waals surface area contributed by atoms with Crippen LogP contribution in [0.5, 0.6) is 5.75 Å². The highest BCUT2D eigenvalue weighted by atomic mass is 32.2. The van der Waals surface area contributed by atoms with Gasteiger partial charge in [0.2, 0.25) is 0 Å². The van der Waals surface area contributed by atoms with Gasteiger partial charge in [-0.1, -0.05) is 18.6 Å². The Labute approximate surface area is 183 Å². The Morgan fingerprint density at radius 3 is 2.77 bits per heavy atom. The molecule has 0 spiro atoms. The Morgan fingerprint density at radius 2 is 2.10 bits per heavy atom. The quantitative estimate of drug-likeness (QED) is 0.697. The van der Waals surface area contributed by atoms with Gasteiger partial charge in [0.05, 0.1) is 24.4 Å². The largest absolute Gasteiger partial charge is 0.497 e. The van der Waals surface area contributed by atoms with Crippen molar-refractivity contribution in [3.8, 4) is 5.75 Å². The zero-order chi connectivity index (χ0) is 22.6. The molecule has 168 valence electrons. The topological polar surface area (TPSA) is 105 Å². The summed E-state index contributed by atoms with van der Waals surface area (Å²) in [6.45, 7) is 2.50. The molecule has 2 aromatic rings. The number of hydrogen-bond acceptors (Lipinski definition) is 6. The molecule has 2 heterocycles. The summed E-state index contributed by atoms with van der Waals surface area (Å²) >= 11 is 0. The first-order valence-electron chi connectivity index (χ1n) is 10.2. The van der Waals surface area contributed by atoms with Gasteiger partial charge in [-0.15, -0.1) is 0 Å². The van der Waals surface area contributed by atoms with Crippen LogP contribution in [0.25, 0.3) is 0 Å². The van der Waals surface area contributed by atoms with Crippen molar-refractivity contribution in [1.29, 1.82) is 0 Å². The maximum absolute atomic E-state index is 12.7. The van der Waals surface area contributed by atoms with E-state index in [1.165, 1.54) is 28.9 Å². The summed E-state index contributed by atoms with van der Waals surface area (Å²) in [5.74, 6) is 0.862. The molecule has 0 saturated carbocycles. The predicted molar refractivity (Wildman–Crippen MR) is 117 cm³/mol. The fourth-order valence-electron chi connectivity index (χ4n) is 3.58. The van der Waals surface area contributed by atoms with Gasteiger partial charge in [-0.05, 0) is 37.5 Å². The highest BCUT2D eigenvalue weighted by Gasteiger charge is 2.36. The van der Waals surface area contributed by atoms with Crippen molar-refractivity contribution >= 4 is 16.1 Å². The number of piperidine rings is 1. The lowest BCUT2D eigenvalue weighted by molar-refractivity contribution is 0.0949. The zero-order valence-corrected chi connectivity index (χ0v) is 19.1. The number of rotatable bonds is 7. The van der Waals surface area contributed by atoms with Gasteiger partial charge < -0.3 is 10.1 Å². The van der Waals surface area contributed by atoms with Crippen molar-refractivity contribution in [2.45, 2.75) is 38.8 Å². The molecule has 1 atom stereocenters. The summed E-state index contributed by atoms with van der Waals surface area (Å²) in [6.07, 6.45) is 3.82. The second kappa shape index (κ2) is 9.71. The molecule has 0 bridgehead atoms. The number of nitrogens with zero attached hydrogens (tertiary/aromatic N) is 4. The molecule has 1 fully saturated rings. The highest BCUT2D eigenvalue weighted by molar-refractivity contribution is 7.86. The number of hydrogen-bond donors (Lipinski definition) is 1. The number of amides is 1. The second-order valence-corrected chi connectivity index (χ2v) is 9.77. The van der Waals surface area contributed by atoms with Crippen molar-refractivity contribution in [2.75, 3.05) is 27.7 Å². The molecule has 1 aromatic carbocycles. The van der Waals surface area contributed by atoms with E-state index in [1.807, 2.05) is 24.3 Å². The van der Waals surface area contributed by atoms with Crippen LogP contribution < -0.4 is 10.1 Å². The second-order valence-electron chi connectivity index (χ2n) is 7.67. The third-order valence-corrected chi connectivity index (χ3v) is 7.29. The Balaban J connectivity index is 1.76. The molecule has 1 N–H and O–H groups in total. The van der Waals surface area contributed by atoms with Crippen molar-refractivity contribution in [1.82, 2.24) is 23.9 Å². The van der Waals surface area contributed by atoms with Crippen molar-refractivity contribution < 1.29 is 17.9 Å². The molecule has 1 amide bonds. The van der Waals surface area contributed by atoms with Crippen LogP contribution in [-0.4, -0.2) is 60.7 Å². The van der Waals surface area contributed by atoms with E-state index in [-0.39, 0.29) is 5.91 Å². The third-order valence-electron chi connectivity index (χ3n) is 5.34. The van der Waals surface area contributed by atoms with Crippen LogP contribution >= 0.6 is 0 Å². The van der Waals surface area contributed by atoms with E-state index in [0.29, 0.717) is 36.6 Å². The van der Waals surface area contributed by atoms with Crippen LogP contribution in [0, 0.1) is 6.92 Å². The maximum atomic E-state index is 12.7. The van der Waals surface area contributed by atoms with Gasteiger partial charge in [0.1, 0.15) is 11.6 Å². The smallest absolute Gasteiger partial charge is 0.282 e. The number of nitrogens with one attached hydrogen (secondary N) is 1. The first kappa shape index (κ1) is 23.1. The van der Waals surface area contributed by atoms with Crippen LogP contribution in [0.1, 0.15) is 52.7 Å². The van der Waals surface area contributed by atoms with Crippen molar-refractivity contribution in [3.63, 3.8) is 0 Å². The Kier molecular flexibility index (Phi) is 7.24. The summed E-state index contributed by atoms with van der Waals surface area (Å²) in [5, 5.41) is 2.87. The number of benzene rings is 1. The molecule has 1 aliphatic heterocycles. The first-order chi connectivity index (χ1) is 14.7. The normalized spacial score (nSPS) is 17.5. The molecule has 31 heavy (non-hydrogen) atoms. The molecule has 1 aromatic heterocycles. The van der Waals surface area contributed by atoms with E-state index < -0.39 is 16.3 Å². The molecule has 0 radical (unpaired) electrons. The minimum atomic E-state index is -3.58. The number of ether oxygens (including phenoxy) is 1.